The second-order valence-corrected chi connectivity index (χ2v) is 5.84. The molecule has 0 aliphatic heterocycles. The number of ether oxygens (including phenoxy) is 1. The number of carbonyl (C=O) groups is 1. The van der Waals surface area contributed by atoms with Gasteiger partial charge < -0.3 is 10.5 Å². The molecule has 0 amide bonds. The summed E-state index contributed by atoms with van der Waals surface area (Å²) in [4.78, 5) is 13.0. The first-order valence-corrected chi connectivity index (χ1v) is 6.82. The molecule has 0 bridgehead atoms. The van der Waals surface area contributed by atoms with Crippen molar-refractivity contribution < 1.29 is 9.53 Å². The number of aryl methyl sites for hydroxylation is 3. The summed E-state index contributed by atoms with van der Waals surface area (Å²) >= 11 is 1.43. The summed E-state index contributed by atoms with van der Waals surface area (Å²) < 4.78 is 4.85. The van der Waals surface area contributed by atoms with Crippen LogP contribution in [0, 0.1) is 20.8 Å². The van der Waals surface area contributed by atoms with Crippen LogP contribution in [0.3, 0.4) is 0 Å². The standard InChI is InChI=1S/C15H17NO2S/c1-8-5-6-9(2)11(7-8)12-10(3)19-14(16)13(12)15(17)18-4/h5-7H,16H2,1-4H3. The van der Waals surface area contributed by atoms with Crippen LogP contribution < -0.4 is 5.73 Å². The third-order valence-electron chi connectivity index (χ3n) is 3.16. The maximum absolute atomic E-state index is 11.9. The highest BCUT2D eigenvalue weighted by molar-refractivity contribution is 7.16. The van der Waals surface area contributed by atoms with Gasteiger partial charge in [0.15, 0.2) is 0 Å². The van der Waals surface area contributed by atoms with E-state index >= 15 is 0 Å². The Bertz CT molecular complexity index is 644. The zero-order chi connectivity index (χ0) is 14.2. The minimum Gasteiger partial charge on any atom is -0.465 e. The summed E-state index contributed by atoms with van der Waals surface area (Å²) in [6.45, 7) is 6.04. The van der Waals surface area contributed by atoms with E-state index in [1.54, 1.807) is 0 Å². The third-order valence-corrected chi connectivity index (χ3v) is 4.10. The van der Waals surface area contributed by atoms with Crippen molar-refractivity contribution in [3.63, 3.8) is 0 Å². The zero-order valence-corrected chi connectivity index (χ0v) is 12.4. The van der Waals surface area contributed by atoms with Crippen LogP contribution in [0.25, 0.3) is 11.1 Å². The predicted octanol–water partition coefficient (Wildman–Crippen LogP) is 3.71. The number of esters is 1. The molecule has 1 aromatic carbocycles. The van der Waals surface area contributed by atoms with Gasteiger partial charge in [-0.2, -0.15) is 0 Å². The fourth-order valence-electron chi connectivity index (χ4n) is 2.20. The average molecular weight is 275 g/mol. The number of nitrogens with two attached hydrogens (primary N) is 1. The smallest absolute Gasteiger partial charge is 0.341 e. The van der Waals surface area contributed by atoms with E-state index in [9.17, 15) is 4.79 Å². The van der Waals surface area contributed by atoms with Gasteiger partial charge >= 0.3 is 5.97 Å². The van der Waals surface area contributed by atoms with Crippen molar-refractivity contribution in [1.82, 2.24) is 0 Å². The van der Waals surface area contributed by atoms with Gasteiger partial charge in [-0.05, 0) is 31.9 Å². The summed E-state index contributed by atoms with van der Waals surface area (Å²) in [5.41, 5.74) is 10.7. The average Bonchev–Trinajstić information content (AvgIpc) is 2.66. The van der Waals surface area contributed by atoms with Crippen LogP contribution in [-0.4, -0.2) is 13.1 Å². The Hall–Kier alpha value is -1.81. The summed E-state index contributed by atoms with van der Waals surface area (Å²) in [7, 11) is 1.38. The lowest BCUT2D eigenvalue weighted by Gasteiger charge is -2.09. The molecule has 2 N–H and O–H groups in total. The minimum atomic E-state index is -0.377. The topological polar surface area (TPSA) is 52.3 Å². The van der Waals surface area contributed by atoms with E-state index in [0.717, 1.165) is 27.1 Å². The van der Waals surface area contributed by atoms with Crippen LogP contribution in [0.5, 0.6) is 0 Å². The Labute approximate surface area is 117 Å². The first-order valence-electron chi connectivity index (χ1n) is 6.00. The number of anilines is 1. The SMILES string of the molecule is COC(=O)c1c(N)sc(C)c1-c1cc(C)ccc1C. The molecular weight excluding hydrogens is 258 g/mol. The van der Waals surface area contributed by atoms with Crippen molar-refractivity contribution in [2.45, 2.75) is 20.8 Å². The lowest BCUT2D eigenvalue weighted by molar-refractivity contribution is 0.0603. The molecule has 0 saturated heterocycles. The molecule has 0 fully saturated rings. The highest BCUT2D eigenvalue weighted by Gasteiger charge is 2.23. The van der Waals surface area contributed by atoms with Gasteiger partial charge in [0, 0.05) is 10.4 Å². The quantitative estimate of drug-likeness (QED) is 0.850. The van der Waals surface area contributed by atoms with Crippen molar-refractivity contribution in [3.05, 3.63) is 39.8 Å². The van der Waals surface area contributed by atoms with Crippen molar-refractivity contribution in [2.75, 3.05) is 12.8 Å². The van der Waals surface area contributed by atoms with Gasteiger partial charge in [-0.25, -0.2) is 4.79 Å². The van der Waals surface area contributed by atoms with Crippen LogP contribution >= 0.6 is 11.3 Å². The number of thiophene rings is 1. The van der Waals surface area contributed by atoms with Crippen LogP contribution in [0.15, 0.2) is 18.2 Å². The van der Waals surface area contributed by atoms with E-state index in [1.165, 1.54) is 18.4 Å². The van der Waals surface area contributed by atoms with Crippen molar-refractivity contribution in [2.24, 2.45) is 0 Å². The van der Waals surface area contributed by atoms with Gasteiger partial charge in [0.1, 0.15) is 10.6 Å². The van der Waals surface area contributed by atoms with E-state index in [4.69, 9.17) is 10.5 Å². The maximum atomic E-state index is 11.9. The Morgan fingerprint density at radius 3 is 2.58 bits per heavy atom. The highest BCUT2D eigenvalue weighted by Crippen LogP contribution is 2.40. The van der Waals surface area contributed by atoms with Gasteiger partial charge in [0.25, 0.3) is 0 Å². The molecule has 2 rings (SSSR count). The van der Waals surface area contributed by atoms with Crippen molar-refractivity contribution in [3.8, 4) is 11.1 Å². The first-order chi connectivity index (χ1) is 8.95. The van der Waals surface area contributed by atoms with E-state index in [0.29, 0.717) is 10.6 Å². The molecule has 100 valence electrons. The predicted molar refractivity (Wildman–Crippen MR) is 79.7 cm³/mol. The second-order valence-electron chi connectivity index (χ2n) is 4.58. The first kappa shape index (κ1) is 13.6. The molecule has 0 spiro atoms. The maximum Gasteiger partial charge on any atom is 0.341 e. The lowest BCUT2D eigenvalue weighted by Crippen LogP contribution is -2.05. The number of nitrogen functional groups attached to an aromatic ring is 1. The van der Waals surface area contributed by atoms with E-state index in [-0.39, 0.29) is 5.97 Å². The number of carbonyl (C=O) groups excluding carboxylic acids is 1. The fourth-order valence-corrected chi connectivity index (χ4v) is 3.13. The molecule has 0 unspecified atom stereocenters. The monoisotopic (exact) mass is 275 g/mol. The largest absolute Gasteiger partial charge is 0.465 e. The molecule has 19 heavy (non-hydrogen) atoms. The Morgan fingerprint density at radius 2 is 1.95 bits per heavy atom. The fraction of sp³-hybridized carbons (Fsp3) is 0.267. The molecule has 0 aliphatic carbocycles. The second kappa shape index (κ2) is 5.05. The Kier molecular flexibility index (Phi) is 3.62. The molecule has 0 radical (unpaired) electrons. The van der Waals surface area contributed by atoms with Crippen LogP contribution in [0.4, 0.5) is 5.00 Å². The van der Waals surface area contributed by atoms with Crippen LogP contribution in [0.1, 0.15) is 26.4 Å². The molecule has 2 aromatic rings. The lowest BCUT2D eigenvalue weighted by atomic mass is 9.95. The van der Waals surface area contributed by atoms with E-state index in [2.05, 4.69) is 18.2 Å². The van der Waals surface area contributed by atoms with Gasteiger partial charge in [0.2, 0.25) is 0 Å². The summed E-state index contributed by atoms with van der Waals surface area (Å²) in [6, 6.07) is 6.19. The minimum absolute atomic E-state index is 0.377. The number of hydrogen-bond acceptors (Lipinski definition) is 4. The normalized spacial score (nSPS) is 10.5. The number of benzene rings is 1. The Balaban J connectivity index is 2.74. The summed E-state index contributed by atoms with van der Waals surface area (Å²) in [5.74, 6) is -0.377. The molecule has 0 atom stereocenters. The highest BCUT2D eigenvalue weighted by atomic mass is 32.1. The number of rotatable bonds is 2. The van der Waals surface area contributed by atoms with Crippen molar-refractivity contribution >= 4 is 22.3 Å². The Morgan fingerprint density at radius 1 is 1.26 bits per heavy atom. The third kappa shape index (κ3) is 2.36. The van der Waals surface area contributed by atoms with Gasteiger partial charge in [-0.15, -0.1) is 11.3 Å². The molecule has 1 heterocycles. The molecule has 3 nitrogen and oxygen atoms in total. The molecule has 4 heteroatoms. The molecule has 0 saturated carbocycles. The number of hydrogen-bond donors (Lipinski definition) is 1. The van der Waals surface area contributed by atoms with Crippen molar-refractivity contribution in [1.29, 1.82) is 0 Å². The van der Waals surface area contributed by atoms with Gasteiger partial charge in [-0.3, -0.25) is 0 Å². The molecule has 1 aromatic heterocycles. The van der Waals surface area contributed by atoms with Gasteiger partial charge in [0.05, 0.1) is 7.11 Å². The van der Waals surface area contributed by atoms with Crippen LogP contribution in [0.2, 0.25) is 0 Å². The summed E-state index contributed by atoms with van der Waals surface area (Å²) in [6.07, 6.45) is 0. The van der Waals surface area contributed by atoms with E-state index in [1.807, 2.05) is 20.8 Å². The van der Waals surface area contributed by atoms with E-state index < -0.39 is 0 Å². The van der Waals surface area contributed by atoms with Crippen LogP contribution in [-0.2, 0) is 4.74 Å². The van der Waals surface area contributed by atoms with Gasteiger partial charge in [-0.1, -0.05) is 23.8 Å². The molecule has 0 aliphatic rings. The zero-order valence-electron chi connectivity index (χ0n) is 11.5. The number of methoxy groups -OCH3 is 1. The summed E-state index contributed by atoms with van der Waals surface area (Å²) in [5, 5.41) is 0.514. The molecular formula is C15H17NO2S.